The molecule has 0 radical (unpaired) electrons. The molecule has 0 saturated carbocycles. The molecule has 0 fully saturated rings. The number of ether oxygens (including phenoxy) is 2. The lowest BCUT2D eigenvalue weighted by molar-refractivity contribution is 0.0692. The molecule has 112 valence electrons. The number of halogens is 2. The van der Waals surface area contributed by atoms with Crippen molar-refractivity contribution in [3.05, 3.63) is 29.3 Å². The third-order valence-electron chi connectivity index (χ3n) is 2.52. The van der Waals surface area contributed by atoms with Crippen molar-refractivity contribution in [1.82, 2.24) is 5.32 Å². The van der Waals surface area contributed by atoms with Crippen LogP contribution in [-0.4, -0.2) is 46.4 Å². The minimum absolute atomic E-state index is 0.0732. The van der Waals surface area contributed by atoms with Crippen LogP contribution in [0.4, 0.5) is 14.5 Å². The third kappa shape index (κ3) is 4.75. The molecule has 0 aliphatic heterocycles. The van der Waals surface area contributed by atoms with E-state index in [0.717, 1.165) is 12.1 Å². The second-order valence-electron chi connectivity index (χ2n) is 3.93. The fourth-order valence-corrected chi connectivity index (χ4v) is 1.53. The molecule has 2 N–H and O–H groups in total. The van der Waals surface area contributed by atoms with E-state index in [1.165, 1.54) is 7.05 Å². The van der Waals surface area contributed by atoms with Crippen molar-refractivity contribution < 1.29 is 23.0 Å². The van der Waals surface area contributed by atoms with Gasteiger partial charge in [-0.05, 0) is 12.1 Å². The number of methoxy groups -OCH3 is 1. The van der Waals surface area contributed by atoms with Crippen molar-refractivity contribution in [2.75, 3.05) is 45.8 Å². The molecule has 0 saturated heterocycles. The summed E-state index contributed by atoms with van der Waals surface area (Å²) in [6, 6.07) is 1.96. The summed E-state index contributed by atoms with van der Waals surface area (Å²) in [6.07, 6.45) is 0. The Bertz CT molecular complexity index is 432. The summed E-state index contributed by atoms with van der Waals surface area (Å²) in [4.78, 5) is 11.7. The topological polar surface area (TPSA) is 59.6 Å². The summed E-state index contributed by atoms with van der Waals surface area (Å²) in [5.74, 6) is -2.18. The van der Waals surface area contributed by atoms with Gasteiger partial charge in [0.15, 0.2) is 0 Å². The van der Waals surface area contributed by atoms with E-state index in [1.54, 1.807) is 7.11 Å². The smallest absolute Gasteiger partial charge is 0.251 e. The molecule has 1 rings (SSSR count). The summed E-state index contributed by atoms with van der Waals surface area (Å²) in [5, 5.41) is 4.90. The predicted molar refractivity (Wildman–Crippen MR) is 70.9 cm³/mol. The van der Waals surface area contributed by atoms with Gasteiger partial charge in [0.05, 0.1) is 19.8 Å². The van der Waals surface area contributed by atoms with Crippen molar-refractivity contribution in [3.8, 4) is 0 Å². The molecule has 1 aromatic carbocycles. The Labute approximate surface area is 116 Å². The van der Waals surface area contributed by atoms with Crippen molar-refractivity contribution in [1.29, 1.82) is 0 Å². The number of nitrogens with one attached hydrogen (secondary N) is 2. The number of rotatable bonds is 8. The second kappa shape index (κ2) is 8.44. The van der Waals surface area contributed by atoms with Crippen molar-refractivity contribution >= 4 is 11.6 Å². The fourth-order valence-electron chi connectivity index (χ4n) is 1.53. The van der Waals surface area contributed by atoms with Crippen LogP contribution in [0.5, 0.6) is 0 Å². The van der Waals surface area contributed by atoms with Gasteiger partial charge in [-0.1, -0.05) is 0 Å². The molecule has 1 amide bonds. The average Bonchev–Trinajstić information content (AvgIpc) is 2.42. The van der Waals surface area contributed by atoms with E-state index in [2.05, 4.69) is 10.6 Å². The molecule has 0 aliphatic carbocycles. The number of hydrogen-bond acceptors (Lipinski definition) is 4. The van der Waals surface area contributed by atoms with Gasteiger partial charge in [-0.3, -0.25) is 4.79 Å². The SMILES string of the molecule is CNc1c(F)cc(C(=O)NCCOCCOC)cc1F. The van der Waals surface area contributed by atoms with Gasteiger partial charge < -0.3 is 20.1 Å². The first-order valence-electron chi connectivity index (χ1n) is 6.11. The summed E-state index contributed by atoms with van der Waals surface area (Å²) in [7, 11) is 2.96. The fraction of sp³-hybridized carbons (Fsp3) is 0.462. The Balaban J connectivity index is 2.48. The Kier molecular flexibility index (Phi) is 6.89. The van der Waals surface area contributed by atoms with Crippen LogP contribution in [0.1, 0.15) is 10.4 Å². The predicted octanol–water partition coefficient (Wildman–Crippen LogP) is 1.40. The van der Waals surface area contributed by atoms with Gasteiger partial charge in [0, 0.05) is 26.3 Å². The maximum absolute atomic E-state index is 13.5. The molecule has 0 aromatic heterocycles. The first-order chi connectivity index (χ1) is 9.60. The van der Waals surface area contributed by atoms with Crippen LogP contribution < -0.4 is 10.6 Å². The molecule has 0 unspecified atom stereocenters. The number of amides is 1. The molecule has 1 aromatic rings. The van der Waals surface area contributed by atoms with Crippen molar-refractivity contribution in [2.24, 2.45) is 0 Å². The van der Waals surface area contributed by atoms with Crippen LogP contribution in [0.2, 0.25) is 0 Å². The van der Waals surface area contributed by atoms with Crippen molar-refractivity contribution in [3.63, 3.8) is 0 Å². The second-order valence-corrected chi connectivity index (χ2v) is 3.93. The lowest BCUT2D eigenvalue weighted by atomic mass is 10.1. The molecule has 0 spiro atoms. The molecular weight excluding hydrogens is 270 g/mol. The Morgan fingerprint density at radius 3 is 2.40 bits per heavy atom. The Morgan fingerprint density at radius 2 is 1.85 bits per heavy atom. The van der Waals surface area contributed by atoms with Gasteiger partial charge in [0.2, 0.25) is 0 Å². The number of carbonyl (C=O) groups is 1. The van der Waals surface area contributed by atoms with Crippen LogP contribution in [0, 0.1) is 11.6 Å². The van der Waals surface area contributed by atoms with Crippen molar-refractivity contribution in [2.45, 2.75) is 0 Å². The zero-order valence-corrected chi connectivity index (χ0v) is 11.5. The molecule has 0 aliphatic rings. The largest absolute Gasteiger partial charge is 0.383 e. The van der Waals surface area contributed by atoms with E-state index in [-0.39, 0.29) is 17.8 Å². The highest BCUT2D eigenvalue weighted by Gasteiger charge is 2.13. The molecule has 7 heteroatoms. The van der Waals surface area contributed by atoms with Crippen LogP contribution >= 0.6 is 0 Å². The summed E-state index contributed by atoms with van der Waals surface area (Å²) in [5.41, 5.74) is -0.333. The van der Waals surface area contributed by atoms with E-state index in [9.17, 15) is 13.6 Å². The van der Waals surface area contributed by atoms with Gasteiger partial charge in [0.25, 0.3) is 5.91 Å². The first kappa shape index (κ1) is 16.3. The average molecular weight is 288 g/mol. The first-order valence-corrected chi connectivity index (χ1v) is 6.11. The molecule has 20 heavy (non-hydrogen) atoms. The number of anilines is 1. The van der Waals surface area contributed by atoms with E-state index >= 15 is 0 Å². The van der Waals surface area contributed by atoms with Crippen LogP contribution in [0.25, 0.3) is 0 Å². The molecule has 0 atom stereocenters. The number of carbonyl (C=O) groups excluding carboxylic acids is 1. The maximum Gasteiger partial charge on any atom is 0.251 e. The highest BCUT2D eigenvalue weighted by molar-refractivity contribution is 5.94. The molecular formula is C13H18F2N2O3. The van der Waals surface area contributed by atoms with Crippen LogP contribution in [0.15, 0.2) is 12.1 Å². The third-order valence-corrected chi connectivity index (χ3v) is 2.52. The molecule has 5 nitrogen and oxygen atoms in total. The van der Waals surface area contributed by atoms with Gasteiger partial charge in [0.1, 0.15) is 17.3 Å². The standard InChI is InChI=1S/C13H18F2N2O3/c1-16-12-10(14)7-9(8-11(12)15)13(18)17-3-4-20-6-5-19-2/h7-8,16H,3-6H2,1-2H3,(H,17,18). The zero-order chi connectivity index (χ0) is 15.0. The van der Waals surface area contributed by atoms with Crippen LogP contribution in [0.3, 0.4) is 0 Å². The monoisotopic (exact) mass is 288 g/mol. The van der Waals surface area contributed by atoms with E-state index in [0.29, 0.717) is 19.8 Å². The normalized spacial score (nSPS) is 10.4. The summed E-state index contributed by atoms with van der Waals surface area (Å²) >= 11 is 0. The number of hydrogen-bond donors (Lipinski definition) is 2. The summed E-state index contributed by atoms with van der Waals surface area (Å²) < 4.78 is 36.9. The maximum atomic E-state index is 13.5. The quantitative estimate of drug-likeness (QED) is 0.710. The Morgan fingerprint density at radius 1 is 1.20 bits per heavy atom. The highest BCUT2D eigenvalue weighted by atomic mass is 19.1. The lowest BCUT2D eigenvalue weighted by Gasteiger charge is -2.09. The zero-order valence-electron chi connectivity index (χ0n) is 11.5. The van der Waals surface area contributed by atoms with Crippen LogP contribution in [-0.2, 0) is 9.47 Å². The minimum Gasteiger partial charge on any atom is -0.383 e. The molecule has 0 heterocycles. The number of benzene rings is 1. The highest BCUT2D eigenvalue weighted by Crippen LogP contribution is 2.19. The van der Waals surface area contributed by atoms with Gasteiger partial charge >= 0.3 is 0 Å². The van der Waals surface area contributed by atoms with E-state index in [4.69, 9.17) is 9.47 Å². The van der Waals surface area contributed by atoms with Gasteiger partial charge in [-0.15, -0.1) is 0 Å². The van der Waals surface area contributed by atoms with E-state index < -0.39 is 17.5 Å². The van der Waals surface area contributed by atoms with Gasteiger partial charge in [-0.25, -0.2) is 8.78 Å². The van der Waals surface area contributed by atoms with Gasteiger partial charge in [-0.2, -0.15) is 0 Å². The van der Waals surface area contributed by atoms with E-state index in [1.807, 2.05) is 0 Å². The molecule has 0 bridgehead atoms. The minimum atomic E-state index is -0.811. The summed E-state index contributed by atoms with van der Waals surface area (Å²) in [6.45, 7) is 1.44. The Hall–Kier alpha value is -1.73. The lowest BCUT2D eigenvalue weighted by Crippen LogP contribution is -2.28.